The number of carbonyl (C=O) groups excluding carboxylic acids is 2. The van der Waals surface area contributed by atoms with Crippen molar-refractivity contribution in [1.82, 2.24) is 0 Å². The first-order chi connectivity index (χ1) is 14.4. The summed E-state index contributed by atoms with van der Waals surface area (Å²) in [6.45, 7) is -0.192. The lowest BCUT2D eigenvalue weighted by Gasteiger charge is -2.60. The fourth-order valence-electron chi connectivity index (χ4n) is 6.65. The van der Waals surface area contributed by atoms with Crippen LogP contribution in [0, 0.1) is 17.3 Å². The van der Waals surface area contributed by atoms with Crippen LogP contribution >= 0.6 is 15.9 Å². The number of methoxy groups -OCH3 is 1. The van der Waals surface area contributed by atoms with Gasteiger partial charge in [-0.2, -0.15) is 0 Å². The zero-order valence-corrected chi connectivity index (χ0v) is 18.9. The summed E-state index contributed by atoms with van der Waals surface area (Å²) in [5.41, 5.74) is 0.630. The van der Waals surface area contributed by atoms with Gasteiger partial charge in [0.05, 0.1) is 13.5 Å². The third-order valence-electron chi connectivity index (χ3n) is 7.36. The molecule has 4 aliphatic carbocycles. The summed E-state index contributed by atoms with van der Waals surface area (Å²) in [5, 5.41) is 1.97. The fraction of sp³-hybridized carbons (Fsp3) is 0.520. The van der Waals surface area contributed by atoms with E-state index in [1.807, 2.05) is 30.3 Å². The van der Waals surface area contributed by atoms with Crippen LogP contribution in [0.1, 0.15) is 55.3 Å². The van der Waals surface area contributed by atoms with Gasteiger partial charge in [-0.3, -0.25) is 9.59 Å². The Hall–Kier alpha value is -1.88. The highest BCUT2D eigenvalue weighted by Crippen LogP contribution is 2.65. The summed E-state index contributed by atoms with van der Waals surface area (Å²) in [6.07, 6.45) is 7.57. The highest BCUT2D eigenvalue weighted by atomic mass is 79.9. The maximum Gasteiger partial charge on any atom is 0.306 e. The monoisotopic (exact) mass is 470 g/mol. The Morgan fingerprint density at radius 2 is 1.73 bits per heavy atom. The average Bonchev–Trinajstić information content (AvgIpc) is 2.69. The lowest BCUT2D eigenvalue weighted by atomic mass is 9.49. The summed E-state index contributed by atoms with van der Waals surface area (Å²) in [5.74, 6) is 1.86. The molecule has 4 saturated carbocycles. The number of hydrogen-bond donors (Lipinski definition) is 0. The smallest absolute Gasteiger partial charge is 0.306 e. The first-order valence-electron chi connectivity index (χ1n) is 10.8. The third kappa shape index (κ3) is 3.77. The maximum atomic E-state index is 12.6. The van der Waals surface area contributed by atoms with Gasteiger partial charge in [-0.15, -0.1) is 0 Å². The summed E-state index contributed by atoms with van der Waals surface area (Å²) >= 11 is 3.99. The van der Waals surface area contributed by atoms with Gasteiger partial charge in [0.15, 0.2) is 12.4 Å². The number of halogens is 1. The van der Waals surface area contributed by atoms with Crippen molar-refractivity contribution in [3.05, 3.63) is 42.0 Å². The Balaban J connectivity index is 1.21. The van der Waals surface area contributed by atoms with E-state index < -0.39 is 0 Å². The lowest BCUT2D eigenvalue weighted by molar-refractivity contribution is -0.149. The van der Waals surface area contributed by atoms with Crippen LogP contribution in [-0.4, -0.2) is 29.8 Å². The number of Topliss-reactive ketones (excluding diaryl/α,β-unsaturated/α-hetero) is 1. The molecule has 2 aromatic rings. The van der Waals surface area contributed by atoms with Crippen molar-refractivity contribution in [3.63, 3.8) is 0 Å². The molecule has 2 unspecified atom stereocenters. The van der Waals surface area contributed by atoms with Crippen LogP contribution in [-0.2, 0) is 9.53 Å². The van der Waals surface area contributed by atoms with Gasteiger partial charge in [0, 0.05) is 9.89 Å². The van der Waals surface area contributed by atoms with E-state index in [0.717, 1.165) is 47.6 Å². The summed E-state index contributed by atoms with van der Waals surface area (Å²) in [6, 6.07) is 11.3. The van der Waals surface area contributed by atoms with Crippen LogP contribution in [0.5, 0.6) is 5.75 Å². The van der Waals surface area contributed by atoms with E-state index in [1.54, 1.807) is 13.2 Å². The van der Waals surface area contributed by atoms with Crippen LogP contribution in [0.3, 0.4) is 0 Å². The number of alkyl halides is 1. The van der Waals surface area contributed by atoms with Crippen molar-refractivity contribution < 1.29 is 19.1 Å². The molecule has 0 saturated heterocycles. The molecule has 4 nitrogen and oxygen atoms in total. The molecule has 4 aliphatic rings. The molecule has 4 atom stereocenters. The van der Waals surface area contributed by atoms with E-state index in [2.05, 4.69) is 15.9 Å². The highest BCUT2D eigenvalue weighted by Gasteiger charge is 2.57. The molecule has 4 bridgehead atoms. The minimum atomic E-state index is -0.230. The summed E-state index contributed by atoms with van der Waals surface area (Å²) < 4.78 is 10.9. The molecule has 0 radical (unpaired) electrons. The third-order valence-corrected chi connectivity index (χ3v) is 8.29. The standard InChI is InChI=1S/C25H27BrO4/c1-29-21-5-4-18-7-20(3-2-19(18)8-21)22(27)14-30-23(28)13-24-9-16-6-17(10-24)12-25(26,11-16)15-24/h2-5,7-8,16-17H,6,9-15H2,1H3/t16-,17+,24?,25?. The van der Waals surface area contributed by atoms with Crippen LogP contribution < -0.4 is 4.74 Å². The second-order valence-corrected chi connectivity index (χ2v) is 11.5. The minimum Gasteiger partial charge on any atom is -0.497 e. The summed E-state index contributed by atoms with van der Waals surface area (Å²) in [7, 11) is 1.63. The largest absolute Gasteiger partial charge is 0.497 e. The van der Waals surface area contributed by atoms with Crippen LogP contribution in [0.15, 0.2) is 36.4 Å². The molecule has 4 fully saturated rings. The number of ketones is 1. The first kappa shape index (κ1) is 20.0. The second kappa shape index (κ2) is 7.37. The molecular weight excluding hydrogens is 444 g/mol. The second-order valence-electron chi connectivity index (χ2n) is 9.80. The van der Waals surface area contributed by atoms with Gasteiger partial charge >= 0.3 is 5.97 Å². The zero-order chi connectivity index (χ0) is 20.9. The molecule has 0 amide bonds. The highest BCUT2D eigenvalue weighted by molar-refractivity contribution is 9.10. The number of carbonyl (C=O) groups is 2. The normalized spacial score (nSPS) is 31.7. The predicted octanol–water partition coefficient (Wildman–Crippen LogP) is 5.70. The van der Waals surface area contributed by atoms with Gasteiger partial charge in [0.25, 0.3) is 0 Å². The molecule has 6 rings (SSSR count). The lowest BCUT2D eigenvalue weighted by Crippen LogP contribution is -2.53. The van der Waals surface area contributed by atoms with Gasteiger partial charge in [-0.05, 0) is 84.7 Å². The van der Waals surface area contributed by atoms with Gasteiger partial charge in [-0.25, -0.2) is 0 Å². The molecule has 0 N–H and O–H groups in total. The Bertz CT molecular complexity index is 999. The van der Waals surface area contributed by atoms with Crippen LogP contribution in [0.2, 0.25) is 0 Å². The zero-order valence-electron chi connectivity index (χ0n) is 17.3. The van der Waals surface area contributed by atoms with Gasteiger partial charge in [0.2, 0.25) is 0 Å². The SMILES string of the molecule is COc1ccc2cc(C(=O)COC(=O)CC34C[C@@H]5C[C@@H](CC(Br)(C5)C3)C4)ccc2c1. The average molecular weight is 471 g/mol. The Kier molecular flexibility index (Phi) is 4.92. The molecule has 0 spiro atoms. The number of esters is 1. The quantitative estimate of drug-likeness (QED) is 0.308. The maximum absolute atomic E-state index is 12.6. The first-order valence-corrected chi connectivity index (χ1v) is 11.6. The Morgan fingerprint density at radius 3 is 2.43 bits per heavy atom. The van der Waals surface area contributed by atoms with Crippen molar-refractivity contribution in [3.8, 4) is 5.75 Å². The van der Waals surface area contributed by atoms with E-state index in [0.29, 0.717) is 12.0 Å². The van der Waals surface area contributed by atoms with E-state index in [1.165, 1.54) is 19.3 Å². The van der Waals surface area contributed by atoms with E-state index in [4.69, 9.17) is 9.47 Å². The Morgan fingerprint density at radius 1 is 1.03 bits per heavy atom. The minimum absolute atomic E-state index is 0.0652. The number of fused-ring (bicyclic) bond motifs is 1. The topological polar surface area (TPSA) is 52.6 Å². The predicted molar refractivity (Wildman–Crippen MR) is 119 cm³/mol. The van der Waals surface area contributed by atoms with E-state index >= 15 is 0 Å². The molecule has 0 heterocycles. The molecule has 0 aliphatic heterocycles. The Labute approximate surface area is 185 Å². The van der Waals surface area contributed by atoms with Crippen molar-refractivity contribution in [2.45, 2.75) is 49.3 Å². The molecule has 30 heavy (non-hydrogen) atoms. The van der Waals surface area contributed by atoms with Crippen molar-refractivity contribution in [2.75, 3.05) is 13.7 Å². The van der Waals surface area contributed by atoms with Crippen molar-refractivity contribution >= 4 is 38.5 Å². The molecule has 158 valence electrons. The van der Waals surface area contributed by atoms with Gasteiger partial charge in [0.1, 0.15) is 5.75 Å². The molecule has 2 aromatic carbocycles. The number of hydrogen-bond acceptors (Lipinski definition) is 4. The fourth-order valence-corrected chi connectivity index (χ4v) is 8.16. The van der Waals surface area contributed by atoms with Crippen molar-refractivity contribution in [1.29, 1.82) is 0 Å². The number of rotatable bonds is 6. The van der Waals surface area contributed by atoms with Crippen molar-refractivity contribution in [2.24, 2.45) is 17.3 Å². The van der Waals surface area contributed by atoms with Gasteiger partial charge < -0.3 is 9.47 Å². The van der Waals surface area contributed by atoms with E-state index in [-0.39, 0.29) is 28.1 Å². The molecule has 5 heteroatoms. The summed E-state index contributed by atoms with van der Waals surface area (Å²) in [4.78, 5) is 25.3. The van der Waals surface area contributed by atoms with Gasteiger partial charge in [-0.1, -0.05) is 34.1 Å². The van der Waals surface area contributed by atoms with Crippen LogP contribution in [0.25, 0.3) is 10.8 Å². The van der Waals surface area contributed by atoms with E-state index in [9.17, 15) is 9.59 Å². The number of benzene rings is 2. The molecular formula is C25H27BrO4. The van der Waals surface area contributed by atoms with Crippen LogP contribution in [0.4, 0.5) is 0 Å². The number of ether oxygens (including phenoxy) is 2. The molecule has 0 aromatic heterocycles.